The summed E-state index contributed by atoms with van der Waals surface area (Å²) < 4.78 is 1.37. The Morgan fingerprint density at radius 1 is 1.10 bits per heavy atom. The van der Waals surface area contributed by atoms with Crippen molar-refractivity contribution in [2.75, 3.05) is 0 Å². The van der Waals surface area contributed by atoms with Crippen molar-refractivity contribution in [3.05, 3.63) is 70.3 Å². The molecule has 0 fully saturated rings. The Hall–Kier alpha value is -2.93. The number of hydrogen-bond donors (Lipinski definition) is 0. The second kappa shape index (κ2) is 4.63. The number of aryl methyl sites for hydroxylation is 1. The molecule has 0 atom stereocenters. The van der Waals surface area contributed by atoms with Crippen LogP contribution < -0.4 is 5.56 Å². The van der Waals surface area contributed by atoms with Crippen LogP contribution in [-0.4, -0.2) is 9.55 Å². The van der Waals surface area contributed by atoms with Gasteiger partial charge in [0, 0.05) is 0 Å². The third kappa shape index (κ3) is 1.77. The molecule has 0 aliphatic heterocycles. The Labute approximate surface area is 115 Å². The van der Waals surface area contributed by atoms with Gasteiger partial charge in [-0.05, 0) is 30.7 Å². The highest BCUT2D eigenvalue weighted by Crippen LogP contribution is 2.15. The third-order valence-electron chi connectivity index (χ3n) is 3.23. The van der Waals surface area contributed by atoms with Crippen molar-refractivity contribution in [3.63, 3.8) is 0 Å². The summed E-state index contributed by atoms with van der Waals surface area (Å²) in [5, 5.41) is 9.79. The van der Waals surface area contributed by atoms with E-state index in [1.807, 2.05) is 37.3 Å². The van der Waals surface area contributed by atoms with E-state index in [1.165, 1.54) is 4.57 Å². The number of fused-ring (bicyclic) bond motifs is 1. The van der Waals surface area contributed by atoms with Gasteiger partial charge in [0.25, 0.3) is 5.56 Å². The Balaban J connectivity index is 2.48. The van der Waals surface area contributed by atoms with Crippen LogP contribution >= 0.6 is 0 Å². The smallest absolute Gasteiger partial charge is 0.266 e. The van der Waals surface area contributed by atoms with Crippen LogP contribution in [0.5, 0.6) is 0 Å². The molecule has 1 heterocycles. The van der Waals surface area contributed by atoms with Gasteiger partial charge in [-0.3, -0.25) is 9.36 Å². The number of aromatic nitrogens is 2. The molecule has 4 heteroatoms. The molecule has 0 aliphatic rings. The van der Waals surface area contributed by atoms with Crippen LogP contribution in [0.4, 0.5) is 0 Å². The molecule has 96 valence electrons. The topological polar surface area (TPSA) is 58.7 Å². The lowest BCUT2D eigenvalue weighted by Gasteiger charge is -2.11. The minimum Gasteiger partial charge on any atom is -0.268 e. The Morgan fingerprint density at radius 3 is 2.55 bits per heavy atom. The number of para-hydroxylation sites is 2. The summed E-state index contributed by atoms with van der Waals surface area (Å²) in [6.07, 6.45) is 0. The summed E-state index contributed by atoms with van der Waals surface area (Å²) in [6.45, 7) is 1.90. The number of nitriles is 1. The van der Waals surface area contributed by atoms with Crippen LogP contribution in [0.3, 0.4) is 0 Å². The van der Waals surface area contributed by atoms with E-state index in [9.17, 15) is 10.1 Å². The summed E-state index contributed by atoms with van der Waals surface area (Å²) in [5.41, 5.74) is 1.93. The lowest BCUT2D eigenvalue weighted by atomic mass is 10.2. The average Bonchev–Trinajstić information content (AvgIpc) is 2.48. The largest absolute Gasteiger partial charge is 0.268 e. The maximum absolute atomic E-state index is 12.6. The zero-order valence-electron chi connectivity index (χ0n) is 10.9. The summed E-state index contributed by atoms with van der Waals surface area (Å²) in [6, 6.07) is 16.5. The molecule has 3 aromatic rings. The molecule has 0 aliphatic carbocycles. The molecular formula is C16H11N3O. The van der Waals surface area contributed by atoms with E-state index in [1.54, 1.807) is 24.3 Å². The highest BCUT2D eigenvalue weighted by atomic mass is 16.1. The lowest BCUT2D eigenvalue weighted by molar-refractivity contribution is 0.924. The second-order valence-corrected chi connectivity index (χ2v) is 4.49. The van der Waals surface area contributed by atoms with E-state index >= 15 is 0 Å². The fourth-order valence-electron chi connectivity index (χ4n) is 2.25. The first-order valence-corrected chi connectivity index (χ1v) is 6.20. The van der Waals surface area contributed by atoms with Crippen molar-refractivity contribution in [1.82, 2.24) is 9.55 Å². The maximum Gasteiger partial charge on any atom is 0.266 e. The minimum atomic E-state index is -0.221. The van der Waals surface area contributed by atoms with Gasteiger partial charge in [-0.25, -0.2) is 4.98 Å². The fraction of sp³-hybridized carbons (Fsp3) is 0.0625. The van der Waals surface area contributed by atoms with Crippen LogP contribution in [0.1, 0.15) is 11.4 Å². The average molecular weight is 261 g/mol. The molecule has 3 rings (SSSR count). The summed E-state index contributed by atoms with van der Waals surface area (Å²) in [7, 11) is 0. The zero-order chi connectivity index (χ0) is 14.1. The number of hydrogen-bond acceptors (Lipinski definition) is 3. The van der Waals surface area contributed by atoms with Crippen LogP contribution in [0.15, 0.2) is 53.3 Å². The molecule has 0 saturated heterocycles. The maximum atomic E-state index is 12.6. The van der Waals surface area contributed by atoms with Crippen molar-refractivity contribution < 1.29 is 0 Å². The van der Waals surface area contributed by atoms with Gasteiger partial charge in [0.1, 0.15) is 6.07 Å². The van der Waals surface area contributed by atoms with E-state index in [4.69, 9.17) is 0 Å². The molecule has 0 spiro atoms. The standard InChI is InChI=1S/C16H11N3O/c1-11-6-2-5-9-14(11)19-15(10-17)18-13-8-4-3-7-12(13)16(19)20/h2-9H,1H3. The molecular weight excluding hydrogens is 250 g/mol. The van der Waals surface area contributed by atoms with Crippen molar-refractivity contribution in [3.8, 4) is 11.8 Å². The second-order valence-electron chi connectivity index (χ2n) is 4.49. The number of benzene rings is 2. The normalized spacial score (nSPS) is 10.4. The van der Waals surface area contributed by atoms with E-state index in [0.29, 0.717) is 16.6 Å². The van der Waals surface area contributed by atoms with E-state index < -0.39 is 0 Å². The van der Waals surface area contributed by atoms with Gasteiger partial charge in [0.2, 0.25) is 5.82 Å². The van der Waals surface area contributed by atoms with E-state index in [2.05, 4.69) is 4.98 Å². The summed E-state index contributed by atoms with van der Waals surface area (Å²) in [4.78, 5) is 16.9. The van der Waals surface area contributed by atoms with Crippen LogP contribution in [0, 0.1) is 18.3 Å². The first kappa shape index (κ1) is 12.1. The van der Waals surface area contributed by atoms with E-state index in [-0.39, 0.29) is 11.4 Å². The summed E-state index contributed by atoms with van der Waals surface area (Å²) >= 11 is 0. The number of nitrogens with zero attached hydrogens (tertiary/aromatic N) is 3. The van der Waals surface area contributed by atoms with Gasteiger partial charge in [0.15, 0.2) is 0 Å². The van der Waals surface area contributed by atoms with Crippen molar-refractivity contribution >= 4 is 10.9 Å². The van der Waals surface area contributed by atoms with Crippen LogP contribution in [-0.2, 0) is 0 Å². The number of rotatable bonds is 1. The van der Waals surface area contributed by atoms with Crippen molar-refractivity contribution in [2.45, 2.75) is 6.92 Å². The molecule has 0 amide bonds. The first-order chi connectivity index (χ1) is 9.72. The Bertz CT molecular complexity index is 903. The molecule has 0 N–H and O–H groups in total. The molecule has 0 unspecified atom stereocenters. The van der Waals surface area contributed by atoms with Gasteiger partial charge in [0.05, 0.1) is 16.6 Å². The Morgan fingerprint density at radius 2 is 1.80 bits per heavy atom. The van der Waals surface area contributed by atoms with Gasteiger partial charge in [-0.2, -0.15) is 5.26 Å². The van der Waals surface area contributed by atoms with E-state index in [0.717, 1.165) is 5.56 Å². The lowest BCUT2D eigenvalue weighted by Crippen LogP contribution is -2.23. The highest BCUT2D eigenvalue weighted by Gasteiger charge is 2.13. The zero-order valence-corrected chi connectivity index (χ0v) is 10.9. The SMILES string of the molecule is Cc1ccccc1-n1c(C#N)nc2ccccc2c1=O. The quantitative estimate of drug-likeness (QED) is 0.676. The molecule has 0 bridgehead atoms. The fourth-order valence-corrected chi connectivity index (χ4v) is 2.25. The highest BCUT2D eigenvalue weighted by molar-refractivity contribution is 5.78. The molecule has 20 heavy (non-hydrogen) atoms. The van der Waals surface area contributed by atoms with Crippen molar-refractivity contribution in [2.24, 2.45) is 0 Å². The predicted octanol–water partition coefficient (Wildman–Crippen LogP) is 2.57. The predicted molar refractivity (Wildman–Crippen MR) is 76.8 cm³/mol. The van der Waals surface area contributed by atoms with Gasteiger partial charge in [-0.1, -0.05) is 30.3 Å². The van der Waals surface area contributed by atoms with Gasteiger partial charge >= 0.3 is 0 Å². The molecule has 2 aromatic carbocycles. The van der Waals surface area contributed by atoms with Gasteiger partial charge < -0.3 is 0 Å². The molecule has 1 aromatic heterocycles. The van der Waals surface area contributed by atoms with Gasteiger partial charge in [-0.15, -0.1) is 0 Å². The minimum absolute atomic E-state index is 0.100. The monoisotopic (exact) mass is 261 g/mol. The third-order valence-corrected chi connectivity index (χ3v) is 3.23. The van der Waals surface area contributed by atoms with Crippen LogP contribution in [0.2, 0.25) is 0 Å². The van der Waals surface area contributed by atoms with Crippen molar-refractivity contribution in [1.29, 1.82) is 5.26 Å². The molecule has 0 radical (unpaired) electrons. The Kier molecular flexibility index (Phi) is 2.81. The first-order valence-electron chi connectivity index (χ1n) is 6.20. The summed E-state index contributed by atoms with van der Waals surface area (Å²) in [5.74, 6) is 0.100. The molecule has 0 saturated carbocycles. The van der Waals surface area contributed by atoms with Crippen LogP contribution in [0.25, 0.3) is 16.6 Å². The molecule has 4 nitrogen and oxygen atoms in total.